The van der Waals surface area contributed by atoms with Crippen molar-refractivity contribution in [2.45, 2.75) is 13.5 Å². The first-order valence-electron chi connectivity index (χ1n) is 10.1. The summed E-state index contributed by atoms with van der Waals surface area (Å²) in [6, 6.07) is 22.1. The number of nitrogens with one attached hydrogen (secondary N) is 2. The molecular formula is C25H20ClN3O3S. The zero-order valence-electron chi connectivity index (χ0n) is 17.7. The standard InChI is InChI=1S/C25H20ClN3O3S/c1-16(30)27-19-8-10-20(11-9-19)28-25-29-24(31)23(33-25)14-17-6-12-21(13-7-17)32-15-18-4-2-3-5-22(18)26/h2-14H,15H2,1H3,(H,27,30)(H,28,29,31). The Morgan fingerprint density at radius 2 is 1.82 bits per heavy atom. The lowest BCUT2D eigenvalue weighted by Gasteiger charge is -2.08. The minimum Gasteiger partial charge on any atom is -0.489 e. The smallest absolute Gasteiger partial charge is 0.264 e. The van der Waals surface area contributed by atoms with Crippen LogP contribution in [0, 0.1) is 0 Å². The zero-order valence-corrected chi connectivity index (χ0v) is 19.2. The van der Waals surface area contributed by atoms with Crippen molar-refractivity contribution < 1.29 is 14.3 Å². The topological polar surface area (TPSA) is 79.8 Å². The maximum absolute atomic E-state index is 12.3. The van der Waals surface area contributed by atoms with Gasteiger partial charge in [0.15, 0.2) is 5.17 Å². The number of rotatable bonds is 6. The Labute approximate surface area is 200 Å². The Morgan fingerprint density at radius 3 is 2.52 bits per heavy atom. The third-order valence-electron chi connectivity index (χ3n) is 4.60. The summed E-state index contributed by atoms with van der Waals surface area (Å²) in [6.07, 6.45) is 1.81. The number of amides is 2. The van der Waals surface area contributed by atoms with Gasteiger partial charge in [-0.15, -0.1) is 0 Å². The van der Waals surface area contributed by atoms with Crippen LogP contribution in [0.25, 0.3) is 6.08 Å². The highest BCUT2D eigenvalue weighted by molar-refractivity contribution is 8.18. The van der Waals surface area contributed by atoms with Crippen LogP contribution >= 0.6 is 23.4 Å². The number of hydrogen-bond donors (Lipinski definition) is 2. The summed E-state index contributed by atoms with van der Waals surface area (Å²) in [4.78, 5) is 28.5. The second kappa shape index (κ2) is 10.4. The van der Waals surface area contributed by atoms with Gasteiger partial charge in [-0.3, -0.25) is 9.59 Å². The SMILES string of the molecule is CC(=O)Nc1ccc(N=C2NC(=O)C(=Cc3ccc(OCc4ccccc4Cl)cc3)S2)cc1. The molecule has 0 atom stereocenters. The summed E-state index contributed by atoms with van der Waals surface area (Å²) >= 11 is 7.43. The highest BCUT2D eigenvalue weighted by Gasteiger charge is 2.23. The van der Waals surface area contributed by atoms with Crippen molar-refractivity contribution in [2.24, 2.45) is 4.99 Å². The minimum atomic E-state index is -0.201. The lowest BCUT2D eigenvalue weighted by molar-refractivity contribution is -0.115. The molecule has 3 aromatic carbocycles. The molecule has 1 aliphatic rings. The number of carbonyl (C=O) groups is 2. The van der Waals surface area contributed by atoms with Crippen LogP contribution in [-0.4, -0.2) is 17.0 Å². The molecule has 0 radical (unpaired) electrons. The van der Waals surface area contributed by atoms with Gasteiger partial charge >= 0.3 is 0 Å². The molecule has 3 aromatic rings. The molecule has 0 spiro atoms. The fraction of sp³-hybridized carbons (Fsp3) is 0.0800. The summed E-state index contributed by atoms with van der Waals surface area (Å²) < 4.78 is 5.80. The molecule has 2 N–H and O–H groups in total. The quantitative estimate of drug-likeness (QED) is 0.442. The van der Waals surface area contributed by atoms with Gasteiger partial charge in [0.1, 0.15) is 12.4 Å². The highest BCUT2D eigenvalue weighted by atomic mass is 35.5. The van der Waals surface area contributed by atoms with Crippen LogP contribution in [0.1, 0.15) is 18.1 Å². The monoisotopic (exact) mass is 477 g/mol. The first-order chi connectivity index (χ1) is 16.0. The number of hydrogen-bond acceptors (Lipinski definition) is 5. The first-order valence-corrected chi connectivity index (χ1v) is 11.3. The molecule has 0 unspecified atom stereocenters. The van der Waals surface area contributed by atoms with Crippen molar-refractivity contribution in [1.82, 2.24) is 5.32 Å². The molecule has 1 aliphatic heterocycles. The average Bonchev–Trinajstić information content (AvgIpc) is 3.13. The molecule has 4 rings (SSSR count). The van der Waals surface area contributed by atoms with E-state index in [0.29, 0.717) is 38.8 Å². The van der Waals surface area contributed by atoms with E-state index in [1.54, 1.807) is 30.3 Å². The van der Waals surface area contributed by atoms with Gasteiger partial charge in [-0.1, -0.05) is 41.9 Å². The molecule has 8 heteroatoms. The molecule has 33 heavy (non-hydrogen) atoms. The molecule has 0 aromatic heterocycles. The van der Waals surface area contributed by atoms with Gasteiger partial charge < -0.3 is 15.4 Å². The number of aliphatic imine (C=N–C) groups is 1. The van der Waals surface area contributed by atoms with Crippen molar-refractivity contribution in [1.29, 1.82) is 0 Å². The largest absolute Gasteiger partial charge is 0.489 e. The summed E-state index contributed by atoms with van der Waals surface area (Å²) in [5, 5.41) is 6.65. The number of amidine groups is 1. The molecule has 1 saturated heterocycles. The number of ether oxygens (including phenoxy) is 1. The van der Waals surface area contributed by atoms with Gasteiger partial charge in [0.25, 0.3) is 5.91 Å². The first kappa shape index (κ1) is 22.6. The summed E-state index contributed by atoms with van der Waals surface area (Å²) in [6.45, 7) is 1.83. The molecule has 0 bridgehead atoms. The van der Waals surface area contributed by atoms with Crippen LogP contribution in [-0.2, 0) is 16.2 Å². The van der Waals surface area contributed by atoms with Crippen LogP contribution in [0.3, 0.4) is 0 Å². The fourth-order valence-corrected chi connectivity index (χ4v) is 4.04. The maximum atomic E-state index is 12.3. The van der Waals surface area contributed by atoms with E-state index in [2.05, 4.69) is 15.6 Å². The van der Waals surface area contributed by atoms with Crippen LogP contribution in [0.4, 0.5) is 11.4 Å². The maximum Gasteiger partial charge on any atom is 0.264 e. The van der Waals surface area contributed by atoms with E-state index in [9.17, 15) is 9.59 Å². The summed E-state index contributed by atoms with van der Waals surface area (Å²) in [5.41, 5.74) is 3.15. The average molecular weight is 478 g/mol. The van der Waals surface area contributed by atoms with Crippen molar-refractivity contribution in [3.05, 3.63) is 93.9 Å². The van der Waals surface area contributed by atoms with Gasteiger partial charge in [0.05, 0.1) is 10.6 Å². The van der Waals surface area contributed by atoms with Crippen LogP contribution in [0.15, 0.2) is 82.7 Å². The van der Waals surface area contributed by atoms with E-state index in [1.165, 1.54) is 18.7 Å². The van der Waals surface area contributed by atoms with Crippen LogP contribution < -0.4 is 15.4 Å². The third kappa shape index (κ3) is 6.25. The lowest BCUT2D eigenvalue weighted by atomic mass is 10.2. The van der Waals surface area contributed by atoms with Gasteiger partial charge in [-0.25, -0.2) is 4.99 Å². The Morgan fingerprint density at radius 1 is 1.09 bits per heavy atom. The molecule has 0 saturated carbocycles. The molecule has 6 nitrogen and oxygen atoms in total. The fourth-order valence-electron chi connectivity index (χ4n) is 3.01. The van der Waals surface area contributed by atoms with E-state index < -0.39 is 0 Å². The highest BCUT2D eigenvalue weighted by Crippen LogP contribution is 2.29. The molecule has 1 fully saturated rings. The molecule has 2 amide bonds. The normalized spacial score (nSPS) is 15.5. The number of carbonyl (C=O) groups excluding carboxylic acids is 2. The van der Waals surface area contributed by atoms with E-state index in [0.717, 1.165) is 11.1 Å². The summed E-state index contributed by atoms with van der Waals surface area (Å²) in [5.74, 6) is 0.376. The molecule has 1 heterocycles. The van der Waals surface area contributed by atoms with Crippen molar-refractivity contribution in [3.8, 4) is 5.75 Å². The van der Waals surface area contributed by atoms with Crippen molar-refractivity contribution >= 4 is 57.8 Å². The van der Waals surface area contributed by atoms with E-state index in [1.807, 2.05) is 48.5 Å². The van der Waals surface area contributed by atoms with Crippen molar-refractivity contribution in [3.63, 3.8) is 0 Å². The van der Waals surface area contributed by atoms with E-state index in [4.69, 9.17) is 16.3 Å². The zero-order chi connectivity index (χ0) is 23.2. The van der Waals surface area contributed by atoms with E-state index in [-0.39, 0.29) is 11.8 Å². The summed E-state index contributed by atoms with van der Waals surface area (Å²) in [7, 11) is 0. The van der Waals surface area contributed by atoms with Gasteiger partial charge in [-0.2, -0.15) is 0 Å². The Bertz CT molecular complexity index is 1240. The van der Waals surface area contributed by atoms with Gasteiger partial charge in [0.2, 0.25) is 5.91 Å². The Balaban J connectivity index is 1.38. The number of nitrogens with zero attached hydrogens (tertiary/aromatic N) is 1. The second-order valence-electron chi connectivity index (χ2n) is 7.16. The molecule has 0 aliphatic carbocycles. The molecular weight excluding hydrogens is 458 g/mol. The predicted octanol–water partition coefficient (Wildman–Crippen LogP) is 5.77. The second-order valence-corrected chi connectivity index (χ2v) is 8.60. The van der Waals surface area contributed by atoms with E-state index >= 15 is 0 Å². The Kier molecular flexibility index (Phi) is 7.12. The number of anilines is 1. The van der Waals surface area contributed by atoms with Crippen LogP contribution in [0.2, 0.25) is 5.02 Å². The van der Waals surface area contributed by atoms with Crippen molar-refractivity contribution in [2.75, 3.05) is 5.32 Å². The van der Waals surface area contributed by atoms with Crippen LogP contribution in [0.5, 0.6) is 5.75 Å². The predicted molar refractivity (Wildman–Crippen MR) is 134 cm³/mol. The number of thioether (sulfide) groups is 1. The lowest BCUT2D eigenvalue weighted by Crippen LogP contribution is -2.19. The number of halogens is 1. The third-order valence-corrected chi connectivity index (χ3v) is 5.88. The van der Waals surface area contributed by atoms with Gasteiger partial charge in [-0.05, 0) is 65.9 Å². The number of benzene rings is 3. The molecule has 166 valence electrons. The Hall–Kier alpha value is -3.55. The minimum absolute atomic E-state index is 0.136. The van der Waals surface area contributed by atoms with Gasteiger partial charge in [0, 0.05) is 23.2 Å².